The van der Waals surface area contributed by atoms with Crippen LogP contribution in [0.2, 0.25) is 0 Å². The summed E-state index contributed by atoms with van der Waals surface area (Å²) in [7, 11) is 0. The minimum absolute atomic E-state index is 0.0170. The Kier molecular flexibility index (Phi) is 8.20. The van der Waals surface area contributed by atoms with E-state index in [9.17, 15) is 9.59 Å². The lowest BCUT2D eigenvalue weighted by molar-refractivity contribution is -0.117. The summed E-state index contributed by atoms with van der Waals surface area (Å²) in [5.41, 5.74) is 8.42. The summed E-state index contributed by atoms with van der Waals surface area (Å²) in [4.78, 5) is 25.7. The van der Waals surface area contributed by atoms with Crippen molar-refractivity contribution in [3.05, 3.63) is 81.9 Å². The second kappa shape index (κ2) is 11.3. The topological polar surface area (TPSA) is 64.6 Å². The SMILES string of the molecule is CCOC(=O)c1cccc(-c2c(C)c(NC(=O)CC(C)(C)C)c(C)c3c2OCC3c2ccc(C(C)C)cc2)c1. The lowest BCUT2D eigenvalue weighted by atomic mass is 9.83. The van der Waals surface area contributed by atoms with Gasteiger partial charge in [0.15, 0.2) is 0 Å². The van der Waals surface area contributed by atoms with E-state index in [0.29, 0.717) is 31.1 Å². The van der Waals surface area contributed by atoms with Gasteiger partial charge in [0.1, 0.15) is 5.75 Å². The quantitative estimate of drug-likeness (QED) is 0.315. The van der Waals surface area contributed by atoms with Crippen LogP contribution < -0.4 is 10.1 Å². The molecule has 0 saturated heterocycles. The summed E-state index contributed by atoms with van der Waals surface area (Å²) >= 11 is 0. The summed E-state index contributed by atoms with van der Waals surface area (Å²) < 4.78 is 11.7. The largest absolute Gasteiger partial charge is 0.492 e. The van der Waals surface area contributed by atoms with E-state index in [0.717, 1.165) is 39.3 Å². The van der Waals surface area contributed by atoms with Crippen LogP contribution in [0.1, 0.15) is 98.0 Å². The van der Waals surface area contributed by atoms with Crippen molar-refractivity contribution < 1.29 is 19.1 Å². The second-order valence-corrected chi connectivity index (χ2v) is 12.0. The predicted molar refractivity (Wildman–Crippen MR) is 158 cm³/mol. The Morgan fingerprint density at radius 3 is 2.36 bits per heavy atom. The van der Waals surface area contributed by atoms with Crippen LogP contribution >= 0.6 is 0 Å². The molecule has 1 aliphatic heterocycles. The molecule has 0 spiro atoms. The molecule has 0 aromatic heterocycles. The van der Waals surface area contributed by atoms with E-state index in [2.05, 4.69) is 71.1 Å². The van der Waals surface area contributed by atoms with Crippen LogP contribution in [-0.4, -0.2) is 25.1 Å². The number of fused-ring (bicyclic) bond motifs is 1. The average molecular weight is 528 g/mol. The molecule has 5 heteroatoms. The molecule has 1 N–H and O–H groups in total. The second-order valence-electron chi connectivity index (χ2n) is 12.0. The summed E-state index contributed by atoms with van der Waals surface area (Å²) in [5, 5.41) is 3.24. The Labute approximate surface area is 232 Å². The Morgan fingerprint density at radius 1 is 1.05 bits per heavy atom. The van der Waals surface area contributed by atoms with Crippen molar-refractivity contribution in [1.29, 1.82) is 0 Å². The van der Waals surface area contributed by atoms with Crippen LogP contribution in [0.5, 0.6) is 5.75 Å². The van der Waals surface area contributed by atoms with Gasteiger partial charge in [-0.3, -0.25) is 4.79 Å². The predicted octanol–water partition coefficient (Wildman–Crippen LogP) is 8.17. The number of carbonyl (C=O) groups excluding carboxylic acids is 2. The van der Waals surface area contributed by atoms with E-state index >= 15 is 0 Å². The van der Waals surface area contributed by atoms with Crippen LogP contribution in [0.15, 0.2) is 48.5 Å². The van der Waals surface area contributed by atoms with Gasteiger partial charge >= 0.3 is 5.97 Å². The van der Waals surface area contributed by atoms with Crippen molar-refractivity contribution in [2.45, 2.75) is 73.6 Å². The molecule has 0 saturated carbocycles. The Morgan fingerprint density at radius 2 is 1.74 bits per heavy atom. The van der Waals surface area contributed by atoms with Gasteiger partial charge in [0.2, 0.25) is 5.91 Å². The van der Waals surface area contributed by atoms with Crippen LogP contribution in [0, 0.1) is 19.3 Å². The molecule has 1 heterocycles. The molecule has 1 amide bonds. The molecule has 3 aromatic carbocycles. The van der Waals surface area contributed by atoms with Crippen LogP contribution in [0.4, 0.5) is 5.69 Å². The number of nitrogens with one attached hydrogen (secondary N) is 1. The highest BCUT2D eigenvalue weighted by Crippen LogP contribution is 2.51. The monoisotopic (exact) mass is 527 g/mol. The van der Waals surface area contributed by atoms with Gasteiger partial charge in [-0.2, -0.15) is 0 Å². The third-order valence-corrected chi connectivity index (χ3v) is 7.37. The maximum atomic E-state index is 13.1. The molecule has 39 heavy (non-hydrogen) atoms. The Balaban J connectivity index is 1.89. The molecule has 0 aliphatic carbocycles. The van der Waals surface area contributed by atoms with Gasteiger partial charge in [-0.25, -0.2) is 4.79 Å². The highest BCUT2D eigenvalue weighted by molar-refractivity contribution is 5.97. The third kappa shape index (κ3) is 6.03. The van der Waals surface area contributed by atoms with Gasteiger partial charge in [0, 0.05) is 29.2 Å². The highest BCUT2D eigenvalue weighted by Gasteiger charge is 2.34. The molecule has 3 aromatic rings. The number of rotatable bonds is 7. The normalized spacial score (nSPS) is 14.6. The number of hydrogen-bond donors (Lipinski definition) is 1. The fraction of sp³-hybridized carbons (Fsp3) is 0.412. The minimum atomic E-state index is -0.358. The van der Waals surface area contributed by atoms with Gasteiger partial charge in [-0.05, 0) is 72.1 Å². The van der Waals surface area contributed by atoms with Gasteiger partial charge in [-0.1, -0.05) is 71.0 Å². The van der Waals surface area contributed by atoms with Crippen LogP contribution in [0.3, 0.4) is 0 Å². The smallest absolute Gasteiger partial charge is 0.338 e. The maximum absolute atomic E-state index is 13.1. The van der Waals surface area contributed by atoms with E-state index in [4.69, 9.17) is 9.47 Å². The number of esters is 1. The van der Waals surface area contributed by atoms with Crippen molar-refractivity contribution in [2.24, 2.45) is 5.41 Å². The number of ether oxygens (including phenoxy) is 2. The first-order chi connectivity index (χ1) is 18.4. The van der Waals surface area contributed by atoms with E-state index < -0.39 is 0 Å². The molecule has 4 rings (SSSR count). The lowest BCUT2D eigenvalue weighted by Gasteiger charge is -2.23. The lowest BCUT2D eigenvalue weighted by Crippen LogP contribution is -2.21. The third-order valence-electron chi connectivity index (χ3n) is 7.37. The number of hydrogen-bond acceptors (Lipinski definition) is 4. The van der Waals surface area contributed by atoms with Crippen molar-refractivity contribution >= 4 is 17.6 Å². The zero-order valence-corrected chi connectivity index (χ0v) is 24.5. The first-order valence-electron chi connectivity index (χ1n) is 13.9. The molecule has 5 nitrogen and oxygen atoms in total. The van der Waals surface area contributed by atoms with Crippen molar-refractivity contribution in [3.8, 4) is 16.9 Å². The number of amides is 1. The van der Waals surface area contributed by atoms with Gasteiger partial charge < -0.3 is 14.8 Å². The van der Waals surface area contributed by atoms with Crippen molar-refractivity contribution in [2.75, 3.05) is 18.5 Å². The molecule has 1 unspecified atom stereocenters. The maximum Gasteiger partial charge on any atom is 0.338 e. The summed E-state index contributed by atoms with van der Waals surface area (Å²) in [6.07, 6.45) is 0.410. The summed E-state index contributed by atoms with van der Waals surface area (Å²) in [6.45, 7) is 17.3. The Hall–Kier alpha value is -3.60. The molecule has 1 aliphatic rings. The molecule has 1 atom stereocenters. The number of carbonyl (C=O) groups is 2. The van der Waals surface area contributed by atoms with Gasteiger partial charge in [-0.15, -0.1) is 0 Å². The van der Waals surface area contributed by atoms with E-state index in [1.165, 1.54) is 11.1 Å². The van der Waals surface area contributed by atoms with E-state index in [-0.39, 0.29) is 23.2 Å². The minimum Gasteiger partial charge on any atom is -0.492 e. The first kappa shape index (κ1) is 28.4. The fourth-order valence-corrected chi connectivity index (χ4v) is 5.43. The summed E-state index contributed by atoms with van der Waals surface area (Å²) in [6, 6.07) is 16.2. The van der Waals surface area contributed by atoms with Crippen LogP contribution in [-0.2, 0) is 9.53 Å². The van der Waals surface area contributed by atoms with Crippen LogP contribution in [0.25, 0.3) is 11.1 Å². The van der Waals surface area contributed by atoms with Crippen molar-refractivity contribution in [3.63, 3.8) is 0 Å². The zero-order chi connectivity index (χ0) is 28.5. The Bertz CT molecular complexity index is 1380. The zero-order valence-electron chi connectivity index (χ0n) is 24.5. The molecule has 0 radical (unpaired) electrons. The number of anilines is 1. The summed E-state index contributed by atoms with van der Waals surface area (Å²) in [5.74, 6) is 0.934. The molecule has 206 valence electrons. The van der Waals surface area contributed by atoms with Crippen molar-refractivity contribution in [1.82, 2.24) is 0 Å². The van der Waals surface area contributed by atoms with E-state index in [1.807, 2.05) is 25.1 Å². The molecule has 0 bridgehead atoms. The fourth-order valence-electron chi connectivity index (χ4n) is 5.43. The first-order valence-corrected chi connectivity index (χ1v) is 13.9. The van der Waals surface area contributed by atoms with E-state index in [1.54, 1.807) is 13.0 Å². The highest BCUT2D eigenvalue weighted by atomic mass is 16.5. The van der Waals surface area contributed by atoms with Gasteiger partial charge in [0.25, 0.3) is 0 Å². The van der Waals surface area contributed by atoms with Gasteiger partial charge in [0.05, 0.1) is 18.8 Å². The standard InChI is InChI=1S/C34H41NO4/c1-9-38-33(37)26-12-10-11-25(17-26)29-21(4)31(35-28(36)18-34(6,7)8)22(5)30-27(19-39-32(29)30)24-15-13-23(14-16-24)20(2)3/h10-17,20,27H,9,18-19H2,1-8H3,(H,35,36). The number of benzene rings is 3. The molecular weight excluding hydrogens is 486 g/mol. The molecule has 0 fully saturated rings. The average Bonchev–Trinajstić information content (AvgIpc) is 3.31. The molecular formula is C34H41NO4.